The van der Waals surface area contributed by atoms with Crippen LogP contribution >= 0.6 is 23.2 Å². The molecule has 2 aromatic carbocycles. The van der Waals surface area contributed by atoms with Gasteiger partial charge in [-0.2, -0.15) is 13.2 Å². The molecule has 0 spiro atoms. The molecule has 7 nitrogen and oxygen atoms in total. The van der Waals surface area contributed by atoms with E-state index in [4.69, 9.17) is 38.3 Å². The number of aliphatic hydroxyl groups is 1. The average Bonchev–Trinajstić information content (AvgIpc) is 2.85. The van der Waals surface area contributed by atoms with Gasteiger partial charge >= 0.3 is 6.18 Å². The van der Waals surface area contributed by atoms with Crippen molar-refractivity contribution in [2.75, 3.05) is 31.1 Å². The van der Waals surface area contributed by atoms with Gasteiger partial charge in [0.1, 0.15) is 12.3 Å². The normalized spacial score (nSPS) is 11.9. The predicted octanol–water partition coefficient (Wildman–Crippen LogP) is 5.85. The lowest BCUT2D eigenvalue weighted by molar-refractivity contribution is -0.137. The number of rotatable bonds is 3. The lowest BCUT2D eigenvalue weighted by atomic mass is 10.0. The molecule has 2 heterocycles. The van der Waals surface area contributed by atoms with E-state index < -0.39 is 11.7 Å². The van der Waals surface area contributed by atoms with Gasteiger partial charge in [0.25, 0.3) is 0 Å². The van der Waals surface area contributed by atoms with E-state index in [2.05, 4.69) is 10.3 Å². The van der Waals surface area contributed by atoms with Gasteiger partial charge in [-0.3, -0.25) is 15.5 Å². The number of pyridine rings is 1. The zero-order valence-corrected chi connectivity index (χ0v) is 20.1. The Hall–Kier alpha value is -3.05. The van der Waals surface area contributed by atoms with Gasteiger partial charge < -0.3 is 15.2 Å². The molecule has 0 unspecified atom stereocenters. The Balaban J connectivity index is 0.000000263. The van der Waals surface area contributed by atoms with Crippen LogP contribution in [0.25, 0.3) is 0 Å². The number of hydrogen-bond donors (Lipinski definition) is 4. The molecule has 0 atom stereocenters. The van der Waals surface area contributed by atoms with Crippen molar-refractivity contribution in [1.29, 1.82) is 0 Å². The summed E-state index contributed by atoms with van der Waals surface area (Å²) in [5.74, 6) is 0.137. The number of carbonyl (C=O) groups is 1. The smallest absolute Gasteiger partial charge is 0.417 e. The van der Waals surface area contributed by atoms with Crippen LogP contribution in [0.2, 0.25) is 10.0 Å². The maximum absolute atomic E-state index is 12.6. The highest BCUT2D eigenvalue weighted by Crippen LogP contribution is 2.35. The fourth-order valence-electron chi connectivity index (χ4n) is 3.04. The van der Waals surface area contributed by atoms with Crippen molar-refractivity contribution < 1.29 is 33.0 Å². The first-order chi connectivity index (χ1) is 16.6. The first-order valence-electron chi connectivity index (χ1n) is 10.00. The topological polar surface area (TPSA) is 104 Å². The highest BCUT2D eigenvalue weighted by Gasteiger charge is 2.33. The average molecular weight is 532 g/mol. The molecule has 0 amide bonds. The molecule has 0 radical (unpaired) electrons. The highest BCUT2D eigenvalue weighted by molar-refractivity contribution is 6.31. The van der Waals surface area contributed by atoms with E-state index in [0.717, 1.165) is 18.9 Å². The summed E-state index contributed by atoms with van der Waals surface area (Å²) in [6.07, 6.45) is -3.01. The Morgan fingerprint density at radius 1 is 1.17 bits per heavy atom. The van der Waals surface area contributed by atoms with Crippen molar-refractivity contribution in [1.82, 2.24) is 4.98 Å². The number of alkyl halides is 3. The van der Waals surface area contributed by atoms with Crippen molar-refractivity contribution in [2.24, 2.45) is 0 Å². The molecule has 4 N–H and O–H groups in total. The van der Waals surface area contributed by atoms with Crippen LogP contribution in [0.3, 0.4) is 0 Å². The number of nitrogens with zero attached hydrogens (tertiary/aromatic N) is 1. The fourth-order valence-corrected chi connectivity index (χ4v) is 3.42. The van der Waals surface area contributed by atoms with Crippen LogP contribution in [-0.4, -0.2) is 41.3 Å². The van der Waals surface area contributed by atoms with Crippen LogP contribution in [0.1, 0.15) is 27.2 Å². The summed E-state index contributed by atoms with van der Waals surface area (Å²) in [6.45, 7) is 2.76. The number of aromatic nitrogens is 1. The summed E-state index contributed by atoms with van der Waals surface area (Å²) in [6, 6.07) is 10.5. The van der Waals surface area contributed by atoms with Gasteiger partial charge in [0.15, 0.2) is 5.75 Å². The van der Waals surface area contributed by atoms with Crippen LogP contribution in [0, 0.1) is 6.92 Å². The largest absolute Gasteiger partial charge is 0.489 e. The molecule has 12 heteroatoms. The number of hydrogen-bond acceptors (Lipinski definition) is 7. The van der Waals surface area contributed by atoms with Gasteiger partial charge in [-0.05, 0) is 37.3 Å². The molecule has 0 saturated heterocycles. The Morgan fingerprint density at radius 3 is 2.51 bits per heavy atom. The molecular formula is C23H22Cl2F3N3O4. The molecule has 0 saturated carbocycles. The molecule has 0 fully saturated rings. The third-order valence-corrected chi connectivity index (χ3v) is 5.08. The minimum atomic E-state index is -4.36. The van der Waals surface area contributed by atoms with E-state index in [-0.39, 0.29) is 22.2 Å². The van der Waals surface area contributed by atoms with Gasteiger partial charge in [0.2, 0.25) is 5.78 Å². The molecule has 1 aromatic heterocycles. The van der Waals surface area contributed by atoms with Crippen LogP contribution in [0.5, 0.6) is 5.75 Å². The number of halogens is 5. The molecule has 1 aliphatic rings. The summed E-state index contributed by atoms with van der Waals surface area (Å²) in [5.41, 5.74) is 3.08. The molecule has 35 heavy (non-hydrogen) atoms. The van der Waals surface area contributed by atoms with E-state index in [1.165, 1.54) is 24.4 Å². The van der Waals surface area contributed by atoms with Crippen LogP contribution < -0.4 is 15.5 Å². The van der Waals surface area contributed by atoms with E-state index in [0.29, 0.717) is 35.1 Å². The lowest BCUT2D eigenvalue weighted by Crippen LogP contribution is -2.20. The second-order valence-corrected chi connectivity index (χ2v) is 7.77. The van der Waals surface area contributed by atoms with Gasteiger partial charge in [0.05, 0.1) is 32.5 Å². The maximum atomic E-state index is 12.6. The summed E-state index contributed by atoms with van der Waals surface area (Å²) in [5, 5.41) is 19.4. The molecular weight excluding hydrogens is 510 g/mol. The Labute approximate surface area is 209 Å². The minimum absolute atomic E-state index is 0.0736. The second kappa shape index (κ2) is 12.6. The quantitative estimate of drug-likeness (QED) is 0.248. The van der Waals surface area contributed by atoms with E-state index >= 15 is 0 Å². The number of ketones is 1. The number of benzene rings is 2. The first-order valence-corrected chi connectivity index (χ1v) is 10.8. The summed E-state index contributed by atoms with van der Waals surface area (Å²) >= 11 is 11.2. The zero-order chi connectivity index (χ0) is 26.2. The monoisotopic (exact) mass is 531 g/mol. The third-order valence-electron chi connectivity index (χ3n) is 4.54. The number of para-hydroxylation sites is 1. The fraction of sp³-hybridized carbons (Fsp3) is 0.217. The number of aryl methyl sites for hydroxylation is 1. The van der Waals surface area contributed by atoms with Gasteiger partial charge in [-0.25, -0.2) is 4.98 Å². The van der Waals surface area contributed by atoms with E-state index in [1.54, 1.807) is 19.1 Å². The van der Waals surface area contributed by atoms with Crippen LogP contribution in [0.4, 0.5) is 24.5 Å². The summed E-state index contributed by atoms with van der Waals surface area (Å²) in [4.78, 5) is 16.6. The zero-order valence-electron chi connectivity index (χ0n) is 18.6. The van der Waals surface area contributed by atoms with Crippen LogP contribution in [-0.2, 0) is 6.18 Å². The molecule has 1 aliphatic heterocycles. The Morgan fingerprint density at radius 2 is 1.89 bits per heavy atom. The van der Waals surface area contributed by atoms with Crippen molar-refractivity contribution in [3.8, 4) is 5.75 Å². The van der Waals surface area contributed by atoms with Crippen molar-refractivity contribution in [3.05, 3.63) is 81.1 Å². The van der Waals surface area contributed by atoms with Gasteiger partial charge in [-0.1, -0.05) is 40.9 Å². The van der Waals surface area contributed by atoms with Crippen molar-refractivity contribution in [3.63, 3.8) is 0 Å². The van der Waals surface area contributed by atoms with Gasteiger partial charge in [-0.15, -0.1) is 0 Å². The SMILES string of the molecule is CO.Cc1ccc(Cl)c(C(F)(F)F)c1.O=C(c1cccc2c1OCCN2)c1ncc(Cl)cc1NO. The third kappa shape index (κ3) is 7.22. The second-order valence-electron chi connectivity index (χ2n) is 6.93. The Kier molecular flexibility index (Phi) is 10.1. The standard InChI is InChI=1S/C14H12ClN3O3.C8H6ClF3.CH4O/c15-8-6-11(18-20)12(17-7-8)13(19)9-2-1-3-10-14(9)21-5-4-16-10;1-5-2-3-7(9)6(4-5)8(10,11)12;1-2/h1-3,6-7,16,18,20H,4-5H2;2-4H,1H3;2H,1H3. The predicted molar refractivity (Wildman–Crippen MR) is 128 cm³/mol. The minimum Gasteiger partial charge on any atom is -0.489 e. The highest BCUT2D eigenvalue weighted by atomic mass is 35.5. The van der Waals surface area contributed by atoms with Crippen molar-refractivity contribution >= 4 is 40.4 Å². The maximum Gasteiger partial charge on any atom is 0.417 e. The number of anilines is 2. The first kappa shape index (κ1) is 28.2. The number of fused-ring (bicyclic) bond motifs is 1. The number of nitrogens with one attached hydrogen (secondary N) is 2. The van der Waals surface area contributed by atoms with E-state index in [1.807, 2.05) is 11.5 Å². The lowest BCUT2D eigenvalue weighted by Gasteiger charge is -2.21. The summed E-state index contributed by atoms with van der Waals surface area (Å²) in [7, 11) is 1.00. The number of carbonyl (C=O) groups excluding carboxylic acids is 1. The van der Waals surface area contributed by atoms with Gasteiger partial charge in [0, 0.05) is 19.9 Å². The molecule has 3 aromatic rings. The van der Waals surface area contributed by atoms with Crippen LogP contribution in [0.15, 0.2) is 48.7 Å². The molecule has 4 rings (SSSR count). The molecule has 0 bridgehead atoms. The number of aliphatic hydroxyl groups excluding tert-OH is 1. The number of ether oxygens (including phenoxy) is 1. The Bertz CT molecular complexity index is 1180. The summed E-state index contributed by atoms with van der Waals surface area (Å²) < 4.78 is 42.0. The van der Waals surface area contributed by atoms with Crippen molar-refractivity contribution in [2.45, 2.75) is 13.1 Å². The van der Waals surface area contributed by atoms with E-state index in [9.17, 15) is 18.0 Å². The molecule has 188 valence electrons. The molecule has 0 aliphatic carbocycles.